The van der Waals surface area contributed by atoms with E-state index >= 15 is 0 Å². The van der Waals surface area contributed by atoms with Crippen LogP contribution >= 0.6 is 0 Å². The van der Waals surface area contributed by atoms with E-state index in [0.717, 1.165) is 12.0 Å². The highest BCUT2D eigenvalue weighted by Crippen LogP contribution is 2.64. The van der Waals surface area contributed by atoms with E-state index in [1.165, 1.54) is 0 Å². The predicted octanol–water partition coefficient (Wildman–Crippen LogP) is 2.31. The lowest BCUT2D eigenvalue weighted by Crippen LogP contribution is -2.42. The van der Waals surface area contributed by atoms with E-state index in [4.69, 9.17) is 15.0 Å². The van der Waals surface area contributed by atoms with E-state index in [1.807, 2.05) is 44.2 Å². The first-order chi connectivity index (χ1) is 14.4. The average molecular weight is 454 g/mol. The largest absolute Gasteiger partial charge is 0.461 e. The molecule has 2 bridgehead atoms. The zero-order chi connectivity index (χ0) is 23.3. The molecule has 9 heteroatoms. The molecule has 2 atom stereocenters. The highest BCUT2D eigenvalue weighted by Gasteiger charge is 2.65. The van der Waals surface area contributed by atoms with Crippen LogP contribution in [0.25, 0.3) is 0 Å². The van der Waals surface area contributed by atoms with Crippen LogP contribution < -0.4 is 5.73 Å². The molecule has 2 fully saturated rings. The van der Waals surface area contributed by atoms with Gasteiger partial charge >= 0.3 is 5.97 Å². The molecule has 0 aliphatic heterocycles. The van der Waals surface area contributed by atoms with Crippen molar-refractivity contribution in [2.24, 2.45) is 22.5 Å². The first kappa shape index (κ1) is 25.2. The molecular weight excluding hydrogens is 422 g/mol. The molecular formula is C22H31NO7S. The molecule has 0 heterocycles. The summed E-state index contributed by atoms with van der Waals surface area (Å²) in [5.74, 6) is -0.599. The van der Waals surface area contributed by atoms with Crippen LogP contribution in [-0.2, 0) is 35.8 Å². The number of hydrogen-bond acceptors (Lipinski definition) is 7. The lowest BCUT2D eigenvalue weighted by atomic mass is 9.70. The summed E-state index contributed by atoms with van der Waals surface area (Å²) in [4.78, 5) is 34.0. The van der Waals surface area contributed by atoms with Crippen molar-refractivity contribution in [3.63, 3.8) is 0 Å². The Labute approximate surface area is 183 Å². The van der Waals surface area contributed by atoms with Gasteiger partial charge in [0.05, 0.1) is 24.1 Å². The smallest absolute Gasteiger partial charge is 0.306 e. The van der Waals surface area contributed by atoms with Gasteiger partial charge in [0.15, 0.2) is 0 Å². The SMILES string of the molecule is CC1(C)C2CC[C@@]1(CS(=O)(=O)O)C(=O)C2.NCC(=O)CCC(=O)OCc1ccccc1. The van der Waals surface area contributed by atoms with Crippen LogP contribution in [0, 0.1) is 16.7 Å². The fourth-order valence-electron chi connectivity index (χ4n) is 4.57. The van der Waals surface area contributed by atoms with E-state index in [0.29, 0.717) is 12.8 Å². The minimum Gasteiger partial charge on any atom is -0.461 e. The minimum absolute atomic E-state index is 0.0152. The van der Waals surface area contributed by atoms with Gasteiger partial charge in [-0.15, -0.1) is 0 Å². The Morgan fingerprint density at radius 3 is 2.32 bits per heavy atom. The number of carbonyl (C=O) groups is 3. The number of hydrogen-bond donors (Lipinski definition) is 2. The van der Waals surface area contributed by atoms with Gasteiger partial charge in [0.2, 0.25) is 0 Å². The second-order valence-corrected chi connectivity index (χ2v) is 10.2. The van der Waals surface area contributed by atoms with Crippen molar-refractivity contribution in [2.75, 3.05) is 12.3 Å². The standard InChI is InChI=1S/C12H15NO3.C10H16O4S/c13-8-11(14)6-7-12(15)16-9-10-4-2-1-3-5-10;1-9(2)7-3-4-10(9,8(11)5-7)6-15(12,13)14/h1-5H,6-9,13H2;7H,3-6H2,1-2H3,(H,12,13,14)/t;7?,10-/m.1/s1. The van der Waals surface area contributed by atoms with Crippen LogP contribution in [0.2, 0.25) is 0 Å². The molecule has 172 valence electrons. The van der Waals surface area contributed by atoms with Gasteiger partial charge in [-0.1, -0.05) is 44.2 Å². The van der Waals surface area contributed by atoms with Crippen LogP contribution in [-0.4, -0.2) is 42.8 Å². The van der Waals surface area contributed by atoms with Crippen molar-refractivity contribution in [3.8, 4) is 0 Å². The summed E-state index contributed by atoms with van der Waals surface area (Å²) in [6.07, 6.45) is 2.23. The molecule has 8 nitrogen and oxygen atoms in total. The quantitative estimate of drug-likeness (QED) is 0.451. The first-order valence-electron chi connectivity index (χ1n) is 10.3. The Morgan fingerprint density at radius 2 is 1.84 bits per heavy atom. The maximum absolute atomic E-state index is 11.9. The van der Waals surface area contributed by atoms with Crippen molar-refractivity contribution >= 4 is 27.7 Å². The van der Waals surface area contributed by atoms with Gasteiger partial charge in [-0.3, -0.25) is 18.9 Å². The molecule has 1 aromatic carbocycles. The van der Waals surface area contributed by atoms with Crippen LogP contribution in [0.3, 0.4) is 0 Å². The summed E-state index contributed by atoms with van der Waals surface area (Å²) in [5.41, 5.74) is 4.93. The highest BCUT2D eigenvalue weighted by molar-refractivity contribution is 7.85. The van der Waals surface area contributed by atoms with Crippen LogP contribution in [0.1, 0.15) is 51.5 Å². The molecule has 0 saturated heterocycles. The normalized spacial score (nSPS) is 23.7. The third kappa shape index (κ3) is 6.21. The summed E-state index contributed by atoms with van der Waals surface area (Å²) in [7, 11) is -4.08. The average Bonchev–Trinajstić information content (AvgIpc) is 3.04. The van der Waals surface area contributed by atoms with E-state index < -0.39 is 21.3 Å². The van der Waals surface area contributed by atoms with E-state index in [9.17, 15) is 22.8 Å². The van der Waals surface area contributed by atoms with Gasteiger partial charge in [0, 0.05) is 12.8 Å². The topological polar surface area (TPSA) is 141 Å². The van der Waals surface area contributed by atoms with Crippen molar-refractivity contribution in [2.45, 2.75) is 52.6 Å². The van der Waals surface area contributed by atoms with Crippen molar-refractivity contribution < 1.29 is 32.1 Å². The number of nitrogens with two attached hydrogens (primary N) is 1. The summed E-state index contributed by atoms with van der Waals surface area (Å²) in [6, 6.07) is 9.39. The fourth-order valence-corrected chi connectivity index (χ4v) is 5.87. The number of benzene rings is 1. The van der Waals surface area contributed by atoms with Gasteiger partial charge in [-0.2, -0.15) is 8.42 Å². The third-order valence-corrected chi connectivity index (χ3v) is 7.50. The maximum atomic E-state index is 11.9. The highest BCUT2D eigenvalue weighted by atomic mass is 32.2. The van der Waals surface area contributed by atoms with Gasteiger partial charge in [0.25, 0.3) is 10.1 Å². The number of carbonyl (C=O) groups excluding carboxylic acids is 3. The summed E-state index contributed by atoms with van der Waals surface area (Å²) in [5, 5.41) is 0. The van der Waals surface area contributed by atoms with Crippen LogP contribution in [0.15, 0.2) is 30.3 Å². The van der Waals surface area contributed by atoms with Gasteiger partial charge < -0.3 is 10.5 Å². The number of ketones is 2. The molecule has 0 radical (unpaired) electrons. The van der Waals surface area contributed by atoms with Crippen LogP contribution in [0.5, 0.6) is 0 Å². The third-order valence-electron chi connectivity index (χ3n) is 6.65. The van der Waals surface area contributed by atoms with Crippen molar-refractivity contribution in [1.29, 1.82) is 0 Å². The summed E-state index contributed by atoms with van der Waals surface area (Å²) in [6.45, 7) is 4.12. The zero-order valence-electron chi connectivity index (χ0n) is 18.0. The lowest BCUT2D eigenvalue weighted by molar-refractivity contribution is -0.146. The van der Waals surface area contributed by atoms with E-state index in [2.05, 4.69) is 0 Å². The van der Waals surface area contributed by atoms with E-state index in [1.54, 1.807) is 0 Å². The molecule has 3 N–H and O–H groups in total. The monoisotopic (exact) mass is 453 g/mol. The van der Waals surface area contributed by atoms with Gasteiger partial charge in [-0.05, 0) is 29.7 Å². The fraction of sp³-hybridized carbons (Fsp3) is 0.591. The van der Waals surface area contributed by atoms with Crippen molar-refractivity contribution in [1.82, 2.24) is 0 Å². The molecule has 1 aromatic rings. The lowest BCUT2D eigenvalue weighted by Gasteiger charge is -2.35. The maximum Gasteiger partial charge on any atom is 0.306 e. The second kappa shape index (κ2) is 10.0. The van der Waals surface area contributed by atoms with Crippen LogP contribution in [0.4, 0.5) is 0 Å². The molecule has 2 saturated carbocycles. The Hall–Kier alpha value is -2.10. The molecule has 1 unspecified atom stereocenters. The molecule has 3 rings (SSSR count). The number of fused-ring (bicyclic) bond motifs is 2. The molecule has 0 aromatic heterocycles. The number of esters is 1. The predicted molar refractivity (Wildman–Crippen MR) is 115 cm³/mol. The Bertz CT molecular complexity index is 911. The van der Waals surface area contributed by atoms with Gasteiger partial charge in [-0.25, -0.2) is 0 Å². The zero-order valence-corrected chi connectivity index (χ0v) is 18.8. The molecule has 2 aliphatic carbocycles. The molecule has 0 amide bonds. The number of Topliss-reactive ketones (excluding diaryl/α,β-unsaturated/α-hetero) is 2. The van der Waals surface area contributed by atoms with Crippen molar-refractivity contribution in [3.05, 3.63) is 35.9 Å². The van der Waals surface area contributed by atoms with Gasteiger partial charge in [0.1, 0.15) is 18.2 Å². The first-order valence-corrected chi connectivity index (χ1v) is 11.9. The number of ether oxygens (including phenoxy) is 1. The Morgan fingerprint density at radius 1 is 1.19 bits per heavy atom. The molecule has 31 heavy (non-hydrogen) atoms. The van der Waals surface area contributed by atoms with E-state index in [-0.39, 0.29) is 54.9 Å². The Kier molecular flexibility index (Phi) is 8.13. The minimum atomic E-state index is -4.08. The number of rotatable bonds is 8. The second-order valence-electron chi connectivity index (χ2n) is 8.78. The Balaban J connectivity index is 0.000000220. The summed E-state index contributed by atoms with van der Waals surface area (Å²) < 4.78 is 36.0. The molecule has 2 aliphatic rings. The molecule has 0 spiro atoms. The summed E-state index contributed by atoms with van der Waals surface area (Å²) >= 11 is 0.